The van der Waals surface area contributed by atoms with Crippen molar-refractivity contribution >= 4 is 28.6 Å². The first-order valence-electron chi connectivity index (χ1n) is 14.0. The number of carbonyl (C=O) groups is 3. The number of benzene rings is 3. The predicted octanol–water partition coefficient (Wildman–Crippen LogP) is 4.79. The number of carbonyl (C=O) groups excluding carboxylic acids is 3. The van der Waals surface area contributed by atoms with Crippen molar-refractivity contribution in [3.05, 3.63) is 106 Å². The van der Waals surface area contributed by atoms with Gasteiger partial charge in [-0.3, -0.25) is 14.4 Å². The molecule has 0 fully saturated rings. The first-order valence-corrected chi connectivity index (χ1v) is 14.0. The van der Waals surface area contributed by atoms with Gasteiger partial charge in [0.1, 0.15) is 12.1 Å². The van der Waals surface area contributed by atoms with Gasteiger partial charge in [-0.2, -0.15) is 0 Å². The Labute approximate surface area is 234 Å². The molecule has 7 nitrogen and oxygen atoms in total. The van der Waals surface area contributed by atoms with Crippen LogP contribution in [0.3, 0.4) is 0 Å². The average Bonchev–Trinajstić information content (AvgIpc) is 3.47. The lowest BCUT2D eigenvalue weighted by Crippen LogP contribution is -2.56. The standard InChI is InChI=1S/C33H34N4O3/c1-19(2)16-27(31(38)34-18-21-14-12-20(3)13-15-21)36-32(39)28-17-25-22-8-6-7-11-26(22)35-29(25)30-23-9-4-5-10-24(23)33(40)37(28)30/h4-15,19,27-28,30,35H,16-18H2,1-3H3,(H,34,38)(H,36,39)/t27-,28-,30+/m0/s1. The maximum atomic E-state index is 14.0. The summed E-state index contributed by atoms with van der Waals surface area (Å²) in [5.74, 6) is -0.501. The van der Waals surface area contributed by atoms with E-state index in [2.05, 4.69) is 21.7 Å². The van der Waals surface area contributed by atoms with Crippen LogP contribution in [0.25, 0.3) is 10.9 Å². The number of aromatic nitrogens is 1. The van der Waals surface area contributed by atoms with E-state index in [1.54, 1.807) is 4.90 Å². The summed E-state index contributed by atoms with van der Waals surface area (Å²) in [6, 6.07) is 21.8. The van der Waals surface area contributed by atoms with Gasteiger partial charge in [-0.25, -0.2) is 0 Å². The van der Waals surface area contributed by atoms with E-state index in [4.69, 9.17) is 0 Å². The third kappa shape index (κ3) is 4.55. The molecule has 0 spiro atoms. The van der Waals surface area contributed by atoms with Gasteiger partial charge in [0.2, 0.25) is 11.8 Å². The molecule has 3 N–H and O–H groups in total. The van der Waals surface area contributed by atoms with E-state index in [0.717, 1.165) is 38.9 Å². The maximum absolute atomic E-state index is 14.0. The van der Waals surface area contributed by atoms with Crippen molar-refractivity contribution in [2.75, 3.05) is 0 Å². The van der Waals surface area contributed by atoms with E-state index >= 15 is 0 Å². The van der Waals surface area contributed by atoms with Gasteiger partial charge in [0.15, 0.2) is 0 Å². The van der Waals surface area contributed by atoms with E-state index in [-0.39, 0.29) is 29.7 Å². The lowest BCUT2D eigenvalue weighted by molar-refractivity contribution is -0.132. The van der Waals surface area contributed by atoms with Crippen molar-refractivity contribution in [1.82, 2.24) is 20.5 Å². The van der Waals surface area contributed by atoms with Crippen molar-refractivity contribution in [2.45, 2.75) is 58.3 Å². The fraction of sp³-hybridized carbons (Fsp3) is 0.303. The third-order valence-corrected chi connectivity index (χ3v) is 8.08. The van der Waals surface area contributed by atoms with Crippen molar-refractivity contribution in [1.29, 1.82) is 0 Å². The van der Waals surface area contributed by atoms with Crippen LogP contribution in [0.1, 0.15) is 64.6 Å². The molecule has 6 rings (SSSR count). The van der Waals surface area contributed by atoms with Crippen molar-refractivity contribution < 1.29 is 14.4 Å². The van der Waals surface area contributed by atoms with Crippen LogP contribution in [0.4, 0.5) is 0 Å². The van der Waals surface area contributed by atoms with E-state index in [9.17, 15) is 14.4 Å². The van der Waals surface area contributed by atoms with Crippen molar-refractivity contribution in [3.8, 4) is 0 Å². The van der Waals surface area contributed by atoms with E-state index in [1.807, 2.05) is 87.5 Å². The Balaban J connectivity index is 1.30. The van der Waals surface area contributed by atoms with Crippen LogP contribution < -0.4 is 10.6 Å². The highest BCUT2D eigenvalue weighted by Crippen LogP contribution is 2.46. The summed E-state index contributed by atoms with van der Waals surface area (Å²) in [4.78, 5) is 46.3. The van der Waals surface area contributed by atoms with Gasteiger partial charge in [-0.1, -0.05) is 80.1 Å². The lowest BCUT2D eigenvalue weighted by atomic mass is 9.89. The molecule has 204 valence electrons. The quantitative estimate of drug-likeness (QED) is 0.318. The van der Waals surface area contributed by atoms with Gasteiger partial charge in [-0.05, 0) is 48.1 Å². The number of aromatic amines is 1. The Morgan fingerprint density at radius 1 is 1.00 bits per heavy atom. The number of hydrogen-bond donors (Lipinski definition) is 3. The molecule has 0 saturated heterocycles. The van der Waals surface area contributed by atoms with Gasteiger partial charge >= 0.3 is 0 Å². The number of H-pyrrole nitrogens is 1. The zero-order valence-corrected chi connectivity index (χ0v) is 23.0. The molecule has 2 aliphatic heterocycles. The minimum atomic E-state index is -0.740. The minimum Gasteiger partial charge on any atom is -0.356 e. The highest BCUT2D eigenvalue weighted by Gasteiger charge is 2.49. The first-order chi connectivity index (χ1) is 19.3. The number of nitrogens with zero attached hydrogens (tertiary/aromatic N) is 1. The topological polar surface area (TPSA) is 94.3 Å². The number of amides is 3. The van der Waals surface area contributed by atoms with Gasteiger partial charge in [0.25, 0.3) is 5.91 Å². The number of hydrogen-bond acceptors (Lipinski definition) is 3. The molecule has 4 aromatic rings. The predicted molar refractivity (Wildman–Crippen MR) is 155 cm³/mol. The summed E-state index contributed by atoms with van der Waals surface area (Å²) in [5, 5.41) is 7.09. The number of fused-ring (bicyclic) bond motifs is 7. The molecule has 0 aliphatic carbocycles. The lowest BCUT2D eigenvalue weighted by Gasteiger charge is -2.37. The van der Waals surface area contributed by atoms with E-state index in [1.165, 1.54) is 0 Å². The molecule has 0 unspecified atom stereocenters. The highest BCUT2D eigenvalue weighted by atomic mass is 16.2. The van der Waals surface area contributed by atoms with Crippen LogP contribution in [0.5, 0.6) is 0 Å². The first kappa shape index (κ1) is 25.9. The normalized spacial score (nSPS) is 18.3. The number of rotatable bonds is 7. The average molecular weight is 535 g/mol. The Kier molecular flexibility index (Phi) is 6.66. The molecule has 3 amide bonds. The zero-order chi connectivity index (χ0) is 28.0. The molecule has 0 saturated carbocycles. The van der Waals surface area contributed by atoms with Crippen LogP contribution in [0.2, 0.25) is 0 Å². The smallest absolute Gasteiger partial charge is 0.255 e. The minimum absolute atomic E-state index is 0.158. The van der Waals surface area contributed by atoms with Crippen LogP contribution in [-0.2, 0) is 22.6 Å². The second-order valence-electron chi connectivity index (χ2n) is 11.4. The van der Waals surface area contributed by atoms with Crippen LogP contribution in [0, 0.1) is 12.8 Å². The van der Waals surface area contributed by atoms with Crippen LogP contribution in [0.15, 0.2) is 72.8 Å². The van der Waals surface area contributed by atoms with Crippen LogP contribution >= 0.6 is 0 Å². The molecule has 0 bridgehead atoms. The molecule has 7 heteroatoms. The summed E-state index contributed by atoms with van der Waals surface area (Å²) in [7, 11) is 0. The van der Waals surface area contributed by atoms with Crippen molar-refractivity contribution in [2.24, 2.45) is 5.92 Å². The molecular weight excluding hydrogens is 500 g/mol. The molecule has 40 heavy (non-hydrogen) atoms. The molecular formula is C33H34N4O3. The number of para-hydroxylation sites is 1. The monoisotopic (exact) mass is 534 g/mol. The Bertz CT molecular complexity index is 1600. The summed E-state index contributed by atoms with van der Waals surface area (Å²) in [6.45, 7) is 6.47. The van der Waals surface area contributed by atoms with Gasteiger partial charge < -0.3 is 20.5 Å². The van der Waals surface area contributed by atoms with E-state index < -0.39 is 12.1 Å². The number of nitrogens with one attached hydrogen (secondary N) is 3. The maximum Gasteiger partial charge on any atom is 0.255 e. The summed E-state index contributed by atoms with van der Waals surface area (Å²) < 4.78 is 0. The summed E-state index contributed by atoms with van der Waals surface area (Å²) in [5.41, 5.74) is 6.65. The Morgan fingerprint density at radius 2 is 1.73 bits per heavy atom. The SMILES string of the molecule is Cc1ccc(CNC(=O)[C@H](CC(C)C)NC(=O)[C@@H]2Cc3c([nH]c4ccccc34)[C@H]3c4ccccc4C(=O)N32)cc1. The molecule has 3 aromatic carbocycles. The molecule has 1 aromatic heterocycles. The molecule has 3 atom stereocenters. The molecule has 2 aliphatic rings. The summed E-state index contributed by atoms with van der Waals surface area (Å²) >= 11 is 0. The fourth-order valence-electron chi connectivity index (χ4n) is 6.13. The largest absolute Gasteiger partial charge is 0.356 e. The van der Waals surface area contributed by atoms with Gasteiger partial charge in [-0.15, -0.1) is 0 Å². The Hall–Kier alpha value is -4.39. The van der Waals surface area contributed by atoms with Gasteiger partial charge in [0.05, 0.1) is 6.04 Å². The molecule has 3 heterocycles. The number of aryl methyl sites for hydroxylation is 1. The van der Waals surface area contributed by atoms with Gasteiger partial charge in [0, 0.05) is 35.1 Å². The second kappa shape index (κ2) is 10.3. The highest BCUT2D eigenvalue weighted by molar-refractivity contribution is 6.04. The fourth-order valence-corrected chi connectivity index (χ4v) is 6.13. The third-order valence-electron chi connectivity index (χ3n) is 8.08. The zero-order valence-electron chi connectivity index (χ0n) is 23.0. The molecule has 0 radical (unpaired) electrons. The summed E-state index contributed by atoms with van der Waals surface area (Å²) in [6.07, 6.45) is 0.870. The van der Waals surface area contributed by atoms with Crippen molar-refractivity contribution in [3.63, 3.8) is 0 Å². The van der Waals surface area contributed by atoms with E-state index in [0.29, 0.717) is 24.9 Å². The Morgan fingerprint density at radius 3 is 2.50 bits per heavy atom. The van der Waals surface area contributed by atoms with Crippen LogP contribution in [-0.4, -0.2) is 39.7 Å². The second-order valence-corrected chi connectivity index (χ2v) is 11.4.